The summed E-state index contributed by atoms with van der Waals surface area (Å²) >= 11 is 0. The fourth-order valence-electron chi connectivity index (χ4n) is 3.31. The molecule has 3 rings (SSSR count). The lowest BCUT2D eigenvalue weighted by Gasteiger charge is -2.17. The van der Waals surface area contributed by atoms with Crippen LogP contribution in [-0.2, 0) is 20.7 Å². The van der Waals surface area contributed by atoms with E-state index in [9.17, 15) is 9.59 Å². The first kappa shape index (κ1) is 17.5. The topological polar surface area (TPSA) is 68.5 Å². The van der Waals surface area contributed by atoms with Crippen molar-refractivity contribution < 1.29 is 18.7 Å². The van der Waals surface area contributed by atoms with E-state index in [1.807, 2.05) is 26.0 Å². The molecule has 0 aliphatic heterocycles. The van der Waals surface area contributed by atoms with Gasteiger partial charge in [0, 0.05) is 17.0 Å². The van der Waals surface area contributed by atoms with Crippen LogP contribution in [0.4, 0.5) is 0 Å². The second kappa shape index (κ2) is 7.30. The Kier molecular flexibility index (Phi) is 5.11. The van der Waals surface area contributed by atoms with Crippen molar-refractivity contribution in [1.29, 1.82) is 0 Å². The number of aryl methyl sites for hydroxylation is 2. The van der Waals surface area contributed by atoms with Gasteiger partial charge in [-0.1, -0.05) is 12.8 Å². The number of benzene rings is 1. The highest BCUT2D eigenvalue weighted by molar-refractivity contribution is 5.88. The highest BCUT2D eigenvalue weighted by Crippen LogP contribution is 2.25. The maximum atomic E-state index is 12.2. The van der Waals surface area contributed by atoms with E-state index in [1.165, 1.54) is 0 Å². The number of furan rings is 1. The zero-order valence-corrected chi connectivity index (χ0v) is 15.1. The molecule has 0 unspecified atom stereocenters. The Bertz CT molecular complexity index is 786. The molecule has 0 radical (unpaired) electrons. The summed E-state index contributed by atoms with van der Waals surface area (Å²) in [6.45, 7) is 5.67. The first-order chi connectivity index (χ1) is 11.9. The lowest BCUT2D eigenvalue weighted by atomic mass is 10.0. The van der Waals surface area contributed by atoms with Gasteiger partial charge < -0.3 is 14.5 Å². The molecule has 1 aromatic heterocycles. The average molecular weight is 343 g/mol. The van der Waals surface area contributed by atoms with Gasteiger partial charge in [0.15, 0.2) is 6.10 Å². The van der Waals surface area contributed by atoms with Gasteiger partial charge in [-0.3, -0.25) is 9.59 Å². The number of rotatable bonds is 5. The summed E-state index contributed by atoms with van der Waals surface area (Å²) in [6.07, 6.45) is 5.20. The Balaban J connectivity index is 1.60. The molecular weight excluding hydrogens is 318 g/mol. The zero-order valence-electron chi connectivity index (χ0n) is 15.1. The number of carbonyl (C=O) groups excluding carboxylic acids is 2. The van der Waals surface area contributed by atoms with Gasteiger partial charge in [-0.25, -0.2) is 0 Å². The molecule has 1 aliphatic carbocycles. The predicted octanol–water partition coefficient (Wildman–Crippen LogP) is 3.58. The Morgan fingerprint density at radius 3 is 2.64 bits per heavy atom. The fraction of sp³-hybridized carbons (Fsp3) is 0.500. The van der Waals surface area contributed by atoms with E-state index >= 15 is 0 Å². The molecule has 134 valence electrons. The molecule has 1 aromatic carbocycles. The standard InChI is InChI=1S/C20H25NO4/c1-12-8-17-15(11-24-18(17)9-13(12)2)10-19(22)25-14(3)20(23)21-16-6-4-5-7-16/h8-9,11,14,16H,4-7,10H2,1-3H3,(H,21,23)/t14-/m0/s1. The van der Waals surface area contributed by atoms with Crippen molar-refractivity contribution in [2.75, 3.05) is 0 Å². The summed E-state index contributed by atoms with van der Waals surface area (Å²) in [6, 6.07) is 4.21. The largest absolute Gasteiger partial charge is 0.464 e. The normalized spacial score (nSPS) is 16.1. The number of carbonyl (C=O) groups is 2. The van der Waals surface area contributed by atoms with Gasteiger partial charge in [-0.15, -0.1) is 0 Å². The fourth-order valence-corrected chi connectivity index (χ4v) is 3.31. The van der Waals surface area contributed by atoms with Crippen LogP contribution in [0.25, 0.3) is 11.0 Å². The van der Waals surface area contributed by atoms with Crippen LogP contribution >= 0.6 is 0 Å². The van der Waals surface area contributed by atoms with Crippen LogP contribution in [0.1, 0.15) is 49.3 Å². The van der Waals surface area contributed by atoms with Crippen molar-refractivity contribution in [2.24, 2.45) is 0 Å². The van der Waals surface area contributed by atoms with Crippen LogP contribution in [0.2, 0.25) is 0 Å². The lowest BCUT2D eigenvalue weighted by Crippen LogP contribution is -2.41. The third kappa shape index (κ3) is 4.03. The maximum Gasteiger partial charge on any atom is 0.311 e. The molecule has 0 bridgehead atoms. The monoisotopic (exact) mass is 343 g/mol. The minimum Gasteiger partial charge on any atom is -0.464 e. The van der Waals surface area contributed by atoms with E-state index in [1.54, 1.807) is 13.2 Å². The minimum absolute atomic E-state index is 0.0938. The van der Waals surface area contributed by atoms with Crippen LogP contribution < -0.4 is 5.32 Å². The summed E-state index contributed by atoms with van der Waals surface area (Å²) < 4.78 is 10.8. The third-order valence-electron chi connectivity index (χ3n) is 4.98. The van der Waals surface area contributed by atoms with E-state index in [4.69, 9.17) is 9.15 Å². The van der Waals surface area contributed by atoms with Crippen molar-refractivity contribution in [3.63, 3.8) is 0 Å². The van der Waals surface area contributed by atoms with Crippen molar-refractivity contribution in [3.05, 3.63) is 35.1 Å². The highest BCUT2D eigenvalue weighted by atomic mass is 16.5. The van der Waals surface area contributed by atoms with Gasteiger partial charge in [0.1, 0.15) is 5.58 Å². The van der Waals surface area contributed by atoms with Gasteiger partial charge in [-0.05, 0) is 56.9 Å². The van der Waals surface area contributed by atoms with Crippen molar-refractivity contribution in [2.45, 2.75) is 65.0 Å². The summed E-state index contributed by atoms with van der Waals surface area (Å²) in [4.78, 5) is 24.3. The summed E-state index contributed by atoms with van der Waals surface area (Å²) in [7, 11) is 0. The molecule has 1 aliphatic rings. The Labute approximate surface area is 147 Å². The van der Waals surface area contributed by atoms with Crippen molar-refractivity contribution in [3.8, 4) is 0 Å². The number of nitrogens with one attached hydrogen (secondary N) is 1. The SMILES string of the molecule is Cc1cc2occ(CC(=O)O[C@@H](C)C(=O)NC3CCCC3)c2cc1C. The van der Waals surface area contributed by atoms with Gasteiger partial charge >= 0.3 is 5.97 Å². The number of fused-ring (bicyclic) bond motifs is 1. The van der Waals surface area contributed by atoms with Crippen LogP contribution in [0.5, 0.6) is 0 Å². The lowest BCUT2D eigenvalue weighted by molar-refractivity contribution is -0.154. The Morgan fingerprint density at radius 2 is 1.92 bits per heavy atom. The molecule has 2 aromatic rings. The predicted molar refractivity (Wildman–Crippen MR) is 95.3 cm³/mol. The van der Waals surface area contributed by atoms with E-state index < -0.39 is 12.1 Å². The second-order valence-electron chi connectivity index (χ2n) is 6.99. The van der Waals surface area contributed by atoms with Gasteiger partial charge in [0.25, 0.3) is 5.91 Å². The molecular formula is C20H25NO4. The van der Waals surface area contributed by atoms with E-state index in [-0.39, 0.29) is 18.4 Å². The second-order valence-corrected chi connectivity index (χ2v) is 6.99. The molecule has 1 N–H and O–H groups in total. The van der Waals surface area contributed by atoms with Crippen molar-refractivity contribution >= 4 is 22.8 Å². The van der Waals surface area contributed by atoms with Crippen LogP contribution in [-0.4, -0.2) is 24.0 Å². The third-order valence-corrected chi connectivity index (χ3v) is 4.98. The smallest absolute Gasteiger partial charge is 0.311 e. The molecule has 0 saturated heterocycles. The molecule has 5 heteroatoms. The van der Waals surface area contributed by atoms with E-state index in [2.05, 4.69) is 5.32 Å². The van der Waals surface area contributed by atoms with Crippen LogP contribution in [0.15, 0.2) is 22.8 Å². The number of hydrogen-bond acceptors (Lipinski definition) is 4. The number of hydrogen-bond donors (Lipinski definition) is 1. The first-order valence-electron chi connectivity index (χ1n) is 8.91. The van der Waals surface area contributed by atoms with E-state index in [0.717, 1.165) is 53.3 Å². The highest BCUT2D eigenvalue weighted by Gasteiger charge is 2.23. The molecule has 1 heterocycles. The Morgan fingerprint density at radius 1 is 1.24 bits per heavy atom. The number of ether oxygens (including phenoxy) is 1. The van der Waals surface area contributed by atoms with Gasteiger partial charge in [-0.2, -0.15) is 0 Å². The summed E-state index contributed by atoms with van der Waals surface area (Å²) in [5.41, 5.74) is 3.84. The molecule has 25 heavy (non-hydrogen) atoms. The molecule has 1 saturated carbocycles. The van der Waals surface area contributed by atoms with E-state index in [0.29, 0.717) is 0 Å². The first-order valence-corrected chi connectivity index (χ1v) is 8.91. The zero-order chi connectivity index (χ0) is 18.0. The average Bonchev–Trinajstić information content (AvgIpc) is 3.19. The van der Waals surface area contributed by atoms with Crippen molar-refractivity contribution in [1.82, 2.24) is 5.32 Å². The number of amides is 1. The molecule has 1 amide bonds. The molecule has 1 fully saturated rings. The molecule has 5 nitrogen and oxygen atoms in total. The molecule has 0 spiro atoms. The molecule has 1 atom stereocenters. The number of esters is 1. The maximum absolute atomic E-state index is 12.2. The van der Waals surface area contributed by atoms with Gasteiger partial charge in [0.2, 0.25) is 0 Å². The summed E-state index contributed by atoms with van der Waals surface area (Å²) in [5, 5.41) is 3.87. The van der Waals surface area contributed by atoms with Crippen LogP contribution in [0, 0.1) is 13.8 Å². The minimum atomic E-state index is -0.782. The Hall–Kier alpha value is -2.30. The van der Waals surface area contributed by atoms with Crippen LogP contribution in [0.3, 0.4) is 0 Å². The van der Waals surface area contributed by atoms with Gasteiger partial charge in [0.05, 0.1) is 12.7 Å². The summed E-state index contributed by atoms with van der Waals surface area (Å²) in [5.74, 6) is -0.640. The quantitative estimate of drug-likeness (QED) is 0.843.